The third-order valence-electron chi connectivity index (χ3n) is 3.82. The number of aryl methyl sites for hydroxylation is 2. The predicted molar refractivity (Wildman–Crippen MR) is 86.5 cm³/mol. The Morgan fingerprint density at radius 1 is 1.14 bits per heavy atom. The molecule has 3 aromatic rings. The summed E-state index contributed by atoms with van der Waals surface area (Å²) in [6, 6.07) is 15.3. The van der Waals surface area contributed by atoms with Crippen LogP contribution in [0.25, 0.3) is 10.9 Å². The van der Waals surface area contributed by atoms with Crippen LogP contribution in [0.1, 0.15) is 27.2 Å². The summed E-state index contributed by atoms with van der Waals surface area (Å²) in [6.07, 6.45) is 0. The second-order valence-corrected chi connectivity index (χ2v) is 5.34. The first-order valence-corrected chi connectivity index (χ1v) is 7.20. The highest BCUT2D eigenvalue weighted by Crippen LogP contribution is 2.22. The number of aromatic amines is 1. The highest BCUT2D eigenvalue weighted by atomic mass is 16.6. The van der Waals surface area contributed by atoms with Crippen molar-refractivity contribution in [3.8, 4) is 0 Å². The molecule has 1 amide bonds. The molecular formula is C18H18N2O2. The second kappa shape index (κ2) is 6.03. The SMILES string of the molecule is Cc1[nH]c2ccc(C(=O)NOCc3ccccc3)cc2c1C. The van der Waals surface area contributed by atoms with Gasteiger partial charge in [0.1, 0.15) is 0 Å². The molecule has 0 saturated heterocycles. The first-order chi connectivity index (χ1) is 10.6. The number of hydrogen-bond acceptors (Lipinski definition) is 2. The maximum absolute atomic E-state index is 12.2. The van der Waals surface area contributed by atoms with E-state index in [1.54, 1.807) is 6.07 Å². The van der Waals surface area contributed by atoms with Gasteiger partial charge in [-0.3, -0.25) is 9.63 Å². The van der Waals surface area contributed by atoms with E-state index in [-0.39, 0.29) is 5.91 Å². The Labute approximate surface area is 129 Å². The topological polar surface area (TPSA) is 54.1 Å². The fourth-order valence-corrected chi connectivity index (χ4v) is 2.42. The molecule has 0 unspecified atom stereocenters. The number of H-pyrrole nitrogens is 1. The van der Waals surface area contributed by atoms with Gasteiger partial charge in [0.2, 0.25) is 0 Å². The van der Waals surface area contributed by atoms with Gasteiger partial charge in [0, 0.05) is 22.2 Å². The second-order valence-electron chi connectivity index (χ2n) is 5.34. The number of rotatable bonds is 4. The van der Waals surface area contributed by atoms with Crippen molar-refractivity contribution in [2.24, 2.45) is 0 Å². The molecule has 2 N–H and O–H groups in total. The minimum absolute atomic E-state index is 0.240. The first-order valence-electron chi connectivity index (χ1n) is 7.20. The molecule has 0 saturated carbocycles. The van der Waals surface area contributed by atoms with E-state index in [9.17, 15) is 4.79 Å². The number of hydrogen-bond donors (Lipinski definition) is 2. The van der Waals surface area contributed by atoms with Gasteiger partial charge >= 0.3 is 0 Å². The van der Waals surface area contributed by atoms with Crippen LogP contribution in [0.2, 0.25) is 0 Å². The molecule has 0 spiro atoms. The zero-order valence-corrected chi connectivity index (χ0v) is 12.6. The Kier molecular flexibility index (Phi) is 3.94. The van der Waals surface area contributed by atoms with Gasteiger partial charge in [-0.2, -0.15) is 0 Å². The molecule has 0 radical (unpaired) electrons. The van der Waals surface area contributed by atoms with Gasteiger partial charge in [0.15, 0.2) is 0 Å². The first kappa shape index (κ1) is 14.4. The Balaban J connectivity index is 1.68. The van der Waals surface area contributed by atoms with Crippen LogP contribution in [0, 0.1) is 13.8 Å². The van der Waals surface area contributed by atoms with E-state index in [4.69, 9.17) is 4.84 Å². The summed E-state index contributed by atoms with van der Waals surface area (Å²) in [5.41, 5.74) is 7.40. The molecule has 3 rings (SSSR count). The maximum Gasteiger partial charge on any atom is 0.274 e. The Bertz CT molecular complexity index is 807. The van der Waals surface area contributed by atoms with Crippen molar-refractivity contribution in [1.82, 2.24) is 10.5 Å². The lowest BCUT2D eigenvalue weighted by Gasteiger charge is -2.06. The van der Waals surface area contributed by atoms with Crippen molar-refractivity contribution < 1.29 is 9.63 Å². The number of carbonyl (C=O) groups is 1. The summed E-state index contributed by atoms with van der Waals surface area (Å²) >= 11 is 0. The number of benzene rings is 2. The smallest absolute Gasteiger partial charge is 0.274 e. The van der Waals surface area contributed by atoms with Crippen LogP contribution in [0.5, 0.6) is 0 Å². The Morgan fingerprint density at radius 2 is 1.91 bits per heavy atom. The number of nitrogens with one attached hydrogen (secondary N) is 2. The number of amides is 1. The molecule has 0 fully saturated rings. The molecule has 0 aliphatic carbocycles. The van der Waals surface area contributed by atoms with E-state index >= 15 is 0 Å². The lowest BCUT2D eigenvalue weighted by Crippen LogP contribution is -2.23. The fourth-order valence-electron chi connectivity index (χ4n) is 2.42. The summed E-state index contributed by atoms with van der Waals surface area (Å²) < 4.78 is 0. The van der Waals surface area contributed by atoms with Crippen LogP contribution in [-0.4, -0.2) is 10.9 Å². The summed E-state index contributed by atoms with van der Waals surface area (Å²) in [5, 5.41) is 1.06. The molecule has 0 atom stereocenters. The predicted octanol–water partition coefficient (Wildman–Crippen LogP) is 3.65. The lowest BCUT2D eigenvalue weighted by molar-refractivity contribution is 0.0233. The molecule has 0 aliphatic rings. The monoisotopic (exact) mass is 294 g/mol. The largest absolute Gasteiger partial charge is 0.358 e. The maximum atomic E-state index is 12.2. The van der Waals surface area contributed by atoms with Crippen molar-refractivity contribution in [3.05, 3.63) is 70.9 Å². The molecule has 0 aliphatic heterocycles. The quantitative estimate of drug-likeness (QED) is 0.722. The van der Waals surface area contributed by atoms with Gasteiger partial charge < -0.3 is 4.98 Å². The van der Waals surface area contributed by atoms with Crippen molar-refractivity contribution in [1.29, 1.82) is 0 Å². The summed E-state index contributed by atoms with van der Waals surface area (Å²) in [7, 11) is 0. The van der Waals surface area contributed by atoms with Crippen molar-refractivity contribution >= 4 is 16.8 Å². The van der Waals surface area contributed by atoms with Crippen LogP contribution < -0.4 is 5.48 Å². The molecule has 1 heterocycles. The molecule has 4 nitrogen and oxygen atoms in total. The molecule has 0 bridgehead atoms. The highest BCUT2D eigenvalue weighted by molar-refractivity contribution is 5.98. The van der Waals surface area contributed by atoms with Crippen molar-refractivity contribution in [3.63, 3.8) is 0 Å². The van der Waals surface area contributed by atoms with Crippen LogP contribution in [0.3, 0.4) is 0 Å². The van der Waals surface area contributed by atoms with Crippen molar-refractivity contribution in [2.45, 2.75) is 20.5 Å². The molecular weight excluding hydrogens is 276 g/mol. The normalized spacial score (nSPS) is 10.8. The molecule has 112 valence electrons. The molecule has 1 aromatic heterocycles. The molecule has 22 heavy (non-hydrogen) atoms. The lowest BCUT2D eigenvalue weighted by atomic mass is 10.1. The van der Waals surface area contributed by atoms with Gasteiger partial charge in [-0.1, -0.05) is 30.3 Å². The Hall–Kier alpha value is -2.59. The van der Waals surface area contributed by atoms with Gasteiger partial charge in [0.25, 0.3) is 5.91 Å². The summed E-state index contributed by atoms with van der Waals surface area (Å²) in [6.45, 7) is 4.41. The summed E-state index contributed by atoms with van der Waals surface area (Å²) in [5.74, 6) is -0.240. The average molecular weight is 294 g/mol. The number of carbonyl (C=O) groups excluding carboxylic acids is 1. The van der Waals surface area contributed by atoms with Crippen LogP contribution in [0.4, 0.5) is 0 Å². The van der Waals surface area contributed by atoms with E-state index in [2.05, 4.69) is 10.5 Å². The van der Waals surface area contributed by atoms with Crippen LogP contribution in [0.15, 0.2) is 48.5 Å². The number of hydroxylamine groups is 1. The van der Waals surface area contributed by atoms with Gasteiger partial charge in [0.05, 0.1) is 6.61 Å². The number of fused-ring (bicyclic) bond motifs is 1. The molecule has 4 heteroatoms. The molecule has 2 aromatic carbocycles. The summed E-state index contributed by atoms with van der Waals surface area (Å²) in [4.78, 5) is 20.7. The standard InChI is InChI=1S/C18H18N2O2/c1-12-13(2)19-17-9-8-15(10-16(12)17)18(21)20-22-11-14-6-4-3-5-7-14/h3-10,19H,11H2,1-2H3,(H,20,21). The van der Waals surface area contributed by atoms with Gasteiger partial charge in [-0.15, -0.1) is 0 Å². The number of aromatic nitrogens is 1. The minimum Gasteiger partial charge on any atom is -0.358 e. The zero-order chi connectivity index (χ0) is 15.5. The van der Waals surface area contributed by atoms with E-state index < -0.39 is 0 Å². The zero-order valence-electron chi connectivity index (χ0n) is 12.6. The van der Waals surface area contributed by atoms with E-state index in [0.717, 1.165) is 27.7 Å². The van der Waals surface area contributed by atoms with Crippen LogP contribution >= 0.6 is 0 Å². The van der Waals surface area contributed by atoms with Gasteiger partial charge in [-0.05, 0) is 43.2 Å². The third kappa shape index (κ3) is 2.87. The third-order valence-corrected chi connectivity index (χ3v) is 3.82. The van der Waals surface area contributed by atoms with Crippen LogP contribution in [-0.2, 0) is 11.4 Å². The minimum atomic E-state index is -0.240. The van der Waals surface area contributed by atoms with Crippen molar-refractivity contribution in [2.75, 3.05) is 0 Å². The highest BCUT2D eigenvalue weighted by Gasteiger charge is 2.10. The fraction of sp³-hybridized carbons (Fsp3) is 0.167. The average Bonchev–Trinajstić information content (AvgIpc) is 2.83. The Morgan fingerprint density at radius 3 is 2.68 bits per heavy atom. The van der Waals surface area contributed by atoms with E-state index in [1.807, 2.05) is 56.3 Å². The van der Waals surface area contributed by atoms with E-state index in [0.29, 0.717) is 12.2 Å². The van der Waals surface area contributed by atoms with E-state index in [1.165, 1.54) is 0 Å². The van der Waals surface area contributed by atoms with Gasteiger partial charge in [-0.25, -0.2) is 5.48 Å².